The van der Waals surface area contributed by atoms with Crippen LogP contribution in [0.5, 0.6) is 5.75 Å². The highest BCUT2D eigenvalue weighted by atomic mass is 35.5. The van der Waals surface area contributed by atoms with Crippen molar-refractivity contribution in [2.75, 3.05) is 30.4 Å². The molecule has 158 valence electrons. The van der Waals surface area contributed by atoms with Crippen molar-refractivity contribution in [1.82, 2.24) is 5.32 Å². The summed E-state index contributed by atoms with van der Waals surface area (Å²) in [5.74, 6) is -0.913. The van der Waals surface area contributed by atoms with Crippen molar-refractivity contribution in [3.63, 3.8) is 0 Å². The maximum Gasteiger partial charge on any atom is 0.243 e. The zero-order chi connectivity index (χ0) is 21.7. The number of nitrogens with one attached hydrogen (secondary N) is 2. The lowest BCUT2D eigenvalue weighted by molar-refractivity contribution is -0.127. The van der Waals surface area contributed by atoms with E-state index in [1.165, 1.54) is 12.0 Å². The summed E-state index contributed by atoms with van der Waals surface area (Å²) in [5.41, 5.74) is 2.28. The van der Waals surface area contributed by atoms with Gasteiger partial charge in [0.2, 0.25) is 17.7 Å². The summed E-state index contributed by atoms with van der Waals surface area (Å²) in [4.78, 5) is 38.8. The van der Waals surface area contributed by atoms with Crippen molar-refractivity contribution in [2.24, 2.45) is 5.92 Å². The van der Waals surface area contributed by atoms with E-state index in [0.717, 1.165) is 17.7 Å². The van der Waals surface area contributed by atoms with Crippen LogP contribution in [0.3, 0.4) is 0 Å². The summed E-state index contributed by atoms with van der Waals surface area (Å²) in [5, 5.41) is 5.91. The van der Waals surface area contributed by atoms with E-state index in [1.807, 2.05) is 31.2 Å². The van der Waals surface area contributed by atoms with Crippen molar-refractivity contribution in [3.05, 3.63) is 53.1 Å². The molecule has 0 unspecified atom stereocenters. The summed E-state index contributed by atoms with van der Waals surface area (Å²) < 4.78 is 5.31. The van der Waals surface area contributed by atoms with E-state index in [-0.39, 0.29) is 37.2 Å². The Morgan fingerprint density at radius 1 is 1.23 bits per heavy atom. The lowest BCUT2D eigenvalue weighted by Gasteiger charge is -2.20. The topological polar surface area (TPSA) is 87.7 Å². The number of halogens is 1. The summed E-state index contributed by atoms with van der Waals surface area (Å²) in [6, 6.07) is 12.5. The van der Waals surface area contributed by atoms with E-state index in [1.54, 1.807) is 18.2 Å². The SMILES string of the molecule is CCc1ccccc1NC(=O)CNC(=O)[C@H]1CC(=O)N(c2cc(Cl)ccc2OC)C1. The predicted octanol–water partition coefficient (Wildman–Crippen LogP) is 3.02. The number of benzene rings is 2. The van der Waals surface area contributed by atoms with Gasteiger partial charge in [-0.2, -0.15) is 0 Å². The Morgan fingerprint density at radius 2 is 2.00 bits per heavy atom. The molecule has 2 aromatic carbocycles. The van der Waals surface area contributed by atoms with Gasteiger partial charge in [-0.1, -0.05) is 36.7 Å². The molecule has 1 fully saturated rings. The first-order valence-electron chi connectivity index (χ1n) is 9.72. The van der Waals surface area contributed by atoms with Crippen LogP contribution in [0.4, 0.5) is 11.4 Å². The number of methoxy groups -OCH3 is 1. The molecule has 30 heavy (non-hydrogen) atoms. The number of amides is 3. The van der Waals surface area contributed by atoms with Crippen LogP contribution in [0.1, 0.15) is 18.9 Å². The quantitative estimate of drug-likeness (QED) is 0.708. The first-order valence-corrected chi connectivity index (χ1v) is 10.1. The normalized spacial score (nSPS) is 15.8. The van der Waals surface area contributed by atoms with Crippen molar-refractivity contribution in [2.45, 2.75) is 19.8 Å². The molecule has 1 heterocycles. The number of ether oxygens (including phenoxy) is 1. The van der Waals surface area contributed by atoms with Crippen molar-refractivity contribution in [1.29, 1.82) is 0 Å². The molecule has 2 aromatic rings. The van der Waals surface area contributed by atoms with Gasteiger partial charge >= 0.3 is 0 Å². The van der Waals surface area contributed by atoms with E-state index in [0.29, 0.717) is 16.5 Å². The van der Waals surface area contributed by atoms with Crippen LogP contribution in [0.2, 0.25) is 5.02 Å². The number of hydrogen-bond donors (Lipinski definition) is 2. The van der Waals surface area contributed by atoms with E-state index in [4.69, 9.17) is 16.3 Å². The van der Waals surface area contributed by atoms with Gasteiger partial charge in [0.05, 0.1) is 25.3 Å². The van der Waals surface area contributed by atoms with Gasteiger partial charge in [-0.05, 0) is 36.2 Å². The maximum atomic E-state index is 12.5. The molecule has 0 bridgehead atoms. The number of anilines is 2. The number of carbonyl (C=O) groups is 3. The van der Waals surface area contributed by atoms with Crippen LogP contribution in [0.15, 0.2) is 42.5 Å². The fraction of sp³-hybridized carbons (Fsp3) is 0.318. The third kappa shape index (κ3) is 4.91. The smallest absolute Gasteiger partial charge is 0.243 e. The first kappa shape index (κ1) is 21.6. The number of hydrogen-bond acceptors (Lipinski definition) is 4. The highest BCUT2D eigenvalue weighted by molar-refractivity contribution is 6.31. The van der Waals surface area contributed by atoms with Gasteiger partial charge in [-0.3, -0.25) is 14.4 Å². The standard InChI is InChI=1S/C22H24ClN3O4/c1-3-14-6-4-5-7-17(14)25-20(27)12-24-22(29)15-10-21(28)26(13-15)18-11-16(23)8-9-19(18)30-2/h4-9,11,15H,3,10,12-13H2,1-2H3,(H,24,29)(H,25,27)/t15-/m0/s1. The van der Waals surface area contributed by atoms with Gasteiger partial charge in [-0.25, -0.2) is 0 Å². The molecule has 3 amide bonds. The van der Waals surface area contributed by atoms with Crippen LogP contribution in [-0.2, 0) is 20.8 Å². The van der Waals surface area contributed by atoms with Crippen molar-refractivity contribution in [3.8, 4) is 5.75 Å². The molecular formula is C22H24ClN3O4. The van der Waals surface area contributed by atoms with Crippen LogP contribution < -0.4 is 20.3 Å². The average molecular weight is 430 g/mol. The van der Waals surface area contributed by atoms with E-state index >= 15 is 0 Å². The molecule has 0 aliphatic carbocycles. The van der Waals surface area contributed by atoms with Gasteiger partial charge in [0.1, 0.15) is 5.75 Å². The Hall–Kier alpha value is -3.06. The maximum absolute atomic E-state index is 12.5. The monoisotopic (exact) mass is 429 g/mol. The van der Waals surface area contributed by atoms with Gasteiger partial charge in [0.25, 0.3) is 0 Å². The Balaban J connectivity index is 1.58. The van der Waals surface area contributed by atoms with E-state index in [9.17, 15) is 14.4 Å². The number of aryl methyl sites for hydroxylation is 1. The number of para-hydroxylation sites is 1. The molecule has 1 atom stereocenters. The molecular weight excluding hydrogens is 406 g/mol. The molecule has 0 spiro atoms. The molecule has 0 aromatic heterocycles. The second-order valence-corrected chi connectivity index (χ2v) is 7.43. The minimum Gasteiger partial charge on any atom is -0.495 e. The van der Waals surface area contributed by atoms with Gasteiger partial charge in [0, 0.05) is 23.7 Å². The Kier molecular flexibility index (Phi) is 6.95. The largest absolute Gasteiger partial charge is 0.495 e. The summed E-state index contributed by atoms with van der Waals surface area (Å²) in [7, 11) is 1.51. The van der Waals surface area contributed by atoms with Crippen LogP contribution >= 0.6 is 11.6 Å². The first-order chi connectivity index (χ1) is 14.4. The lowest BCUT2D eigenvalue weighted by Crippen LogP contribution is -2.38. The number of rotatable bonds is 7. The summed E-state index contributed by atoms with van der Waals surface area (Å²) in [6.45, 7) is 2.04. The zero-order valence-corrected chi connectivity index (χ0v) is 17.7. The fourth-order valence-corrected chi connectivity index (χ4v) is 3.61. The van der Waals surface area contributed by atoms with E-state index < -0.39 is 5.92 Å². The van der Waals surface area contributed by atoms with Crippen molar-refractivity contribution >= 4 is 40.7 Å². The van der Waals surface area contributed by atoms with Crippen molar-refractivity contribution < 1.29 is 19.1 Å². The summed E-state index contributed by atoms with van der Waals surface area (Å²) >= 11 is 6.05. The molecule has 0 saturated carbocycles. The highest BCUT2D eigenvalue weighted by Crippen LogP contribution is 2.35. The Labute approximate surface area is 180 Å². The van der Waals surface area contributed by atoms with Gasteiger partial charge in [-0.15, -0.1) is 0 Å². The molecule has 1 saturated heterocycles. The molecule has 7 nitrogen and oxygen atoms in total. The minimum atomic E-state index is -0.558. The Bertz CT molecular complexity index is 963. The molecule has 8 heteroatoms. The molecule has 1 aliphatic heterocycles. The minimum absolute atomic E-state index is 0.0573. The van der Waals surface area contributed by atoms with Gasteiger partial charge < -0.3 is 20.3 Å². The van der Waals surface area contributed by atoms with Crippen LogP contribution in [0, 0.1) is 5.92 Å². The lowest BCUT2D eigenvalue weighted by atomic mass is 10.1. The highest BCUT2D eigenvalue weighted by Gasteiger charge is 2.36. The molecule has 3 rings (SSSR count). The number of carbonyl (C=O) groups excluding carboxylic acids is 3. The molecule has 2 N–H and O–H groups in total. The van der Waals surface area contributed by atoms with Crippen LogP contribution in [-0.4, -0.2) is 37.9 Å². The fourth-order valence-electron chi connectivity index (χ4n) is 3.45. The second kappa shape index (κ2) is 9.63. The van der Waals surface area contributed by atoms with Gasteiger partial charge in [0.15, 0.2) is 0 Å². The number of nitrogens with zero attached hydrogens (tertiary/aromatic N) is 1. The average Bonchev–Trinajstić information content (AvgIpc) is 3.14. The molecule has 0 radical (unpaired) electrons. The zero-order valence-electron chi connectivity index (χ0n) is 16.9. The Morgan fingerprint density at radius 3 is 2.73 bits per heavy atom. The predicted molar refractivity (Wildman–Crippen MR) is 116 cm³/mol. The third-order valence-corrected chi connectivity index (χ3v) is 5.26. The van der Waals surface area contributed by atoms with E-state index in [2.05, 4.69) is 10.6 Å². The third-order valence-electron chi connectivity index (χ3n) is 5.02. The summed E-state index contributed by atoms with van der Waals surface area (Å²) in [6.07, 6.45) is 0.845. The second-order valence-electron chi connectivity index (χ2n) is 7.00. The molecule has 1 aliphatic rings. The van der Waals surface area contributed by atoms with Crippen LogP contribution in [0.25, 0.3) is 0 Å².